The number of hydrogen-bond donors (Lipinski definition) is 1. The zero-order chi connectivity index (χ0) is 19.1. The lowest BCUT2D eigenvalue weighted by molar-refractivity contribution is -0.182. The Kier molecular flexibility index (Phi) is 7.31. The van der Waals surface area contributed by atoms with Crippen molar-refractivity contribution in [2.75, 3.05) is 19.7 Å². The Morgan fingerprint density at radius 1 is 1.19 bits per heavy atom. The van der Waals surface area contributed by atoms with E-state index in [1.165, 1.54) is 32.6 Å². The molecule has 1 aromatic rings. The molecule has 3 unspecified atom stereocenters. The van der Waals surface area contributed by atoms with E-state index in [1.54, 1.807) is 0 Å². The minimum Gasteiger partial charge on any atom is -0.452 e. The van der Waals surface area contributed by atoms with Crippen molar-refractivity contribution < 1.29 is 14.3 Å². The molecule has 150 valence electrons. The monoisotopic (exact) mass is 373 g/mol. The molecule has 4 heteroatoms. The summed E-state index contributed by atoms with van der Waals surface area (Å²) in [4.78, 5) is 12.1. The van der Waals surface area contributed by atoms with Gasteiger partial charge in [0.15, 0.2) is 5.60 Å². The summed E-state index contributed by atoms with van der Waals surface area (Å²) >= 11 is 0. The second kappa shape index (κ2) is 9.70. The van der Waals surface area contributed by atoms with E-state index in [9.17, 15) is 4.79 Å². The first kappa shape index (κ1) is 20.3. The van der Waals surface area contributed by atoms with Crippen LogP contribution in [-0.2, 0) is 19.9 Å². The van der Waals surface area contributed by atoms with Crippen LogP contribution in [0.4, 0.5) is 0 Å². The van der Waals surface area contributed by atoms with E-state index in [0.29, 0.717) is 18.4 Å². The number of ether oxygens (including phenoxy) is 2. The maximum Gasteiger partial charge on any atom is 0.303 e. The number of carbonyl (C=O) groups is 1. The van der Waals surface area contributed by atoms with Crippen LogP contribution in [0.25, 0.3) is 0 Å². The average molecular weight is 374 g/mol. The number of carbonyl (C=O) groups excluding carboxylic acids is 1. The minimum absolute atomic E-state index is 0.193. The molecule has 1 aliphatic carbocycles. The molecule has 2 fully saturated rings. The lowest BCUT2D eigenvalue weighted by Gasteiger charge is -2.41. The molecule has 3 rings (SSSR count). The van der Waals surface area contributed by atoms with E-state index in [4.69, 9.17) is 9.47 Å². The Morgan fingerprint density at radius 3 is 2.59 bits per heavy atom. The van der Waals surface area contributed by atoms with Gasteiger partial charge in [-0.15, -0.1) is 0 Å². The molecule has 1 saturated heterocycles. The second-order valence-electron chi connectivity index (χ2n) is 8.22. The summed E-state index contributed by atoms with van der Waals surface area (Å²) < 4.78 is 12.7. The van der Waals surface area contributed by atoms with Gasteiger partial charge >= 0.3 is 5.97 Å². The third kappa shape index (κ3) is 4.91. The molecule has 0 bridgehead atoms. The van der Waals surface area contributed by atoms with Crippen LogP contribution < -0.4 is 5.32 Å². The molecule has 0 amide bonds. The highest BCUT2D eigenvalue weighted by atomic mass is 16.6. The highest BCUT2D eigenvalue weighted by Crippen LogP contribution is 2.44. The van der Waals surface area contributed by atoms with Crippen molar-refractivity contribution in [3.05, 3.63) is 35.9 Å². The van der Waals surface area contributed by atoms with Gasteiger partial charge in [-0.2, -0.15) is 0 Å². The van der Waals surface area contributed by atoms with Gasteiger partial charge in [-0.25, -0.2) is 0 Å². The average Bonchev–Trinajstić information content (AvgIpc) is 3.22. The maximum absolute atomic E-state index is 12.1. The summed E-state index contributed by atoms with van der Waals surface area (Å²) in [6, 6.07) is 10.3. The topological polar surface area (TPSA) is 47.6 Å². The highest BCUT2D eigenvalue weighted by molar-refractivity contribution is 5.67. The van der Waals surface area contributed by atoms with Crippen molar-refractivity contribution in [2.45, 2.75) is 70.5 Å². The van der Waals surface area contributed by atoms with E-state index in [2.05, 4.69) is 24.4 Å². The Morgan fingerprint density at radius 2 is 1.93 bits per heavy atom. The van der Waals surface area contributed by atoms with Crippen LogP contribution in [-0.4, -0.2) is 31.8 Å². The zero-order valence-electron chi connectivity index (χ0n) is 16.9. The molecule has 1 heterocycles. The van der Waals surface area contributed by atoms with Crippen LogP contribution in [0.3, 0.4) is 0 Å². The summed E-state index contributed by atoms with van der Waals surface area (Å²) in [5.74, 6) is 0.692. The fourth-order valence-corrected chi connectivity index (χ4v) is 4.99. The number of benzene rings is 1. The number of nitrogens with one attached hydrogen (secondary N) is 1. The number of piperidine rings is 1. The van der Waals surface area contributed by atoms with Gasteiger partial charge in [0, 0.05) is 19.4 Å². The number of esters is 1. The molecule has 27 heavy (non-hydrogen) atoms. The predicted octanol–water partition coefficient (Wildman–Crippen LogP) is 4.43. The molecule has 0 spiro atoms. The molecular weight excluding hydrogens is 338 g/mol. The van der Waals surface area contributed by atoms with E-state index in [-0.39, 0.29) is 12.1 Å². The van der Waals surface area contributed by atoms with Crippen molar-refractivity contribution in [3.8, 4) is 0 Å². The van der Waals surface area contributed by atoms with Crippen LogP contribution in [0.2, 0.25) is 0 Å². The van der Waals surface area contributed by atoms with E-state index in [1.807, 2.05) is 18.2 Å². The van der Waals surface area contributed by atoms with Gasteiger partial charge in [-0.3, -0.25) is 4.79 Å². The summed E-state index contributed by atoms with van der Waals surface area (Å²) in [7, 11) is 0. The Hall–Kier alpha value is -1.39. The standard InChI is InChI=1S/C23H35NO3/c1-3-9-19-14-15-24-16-22(19)26-17-23(27-18(2)25,21-12-7-8-13-21)20-10-5-4-6-11-20/h4-6,10-11,19,21-22,24H,3,7-9,12-17H2,1-2H3. The van der Waals surface area contributed by atoms with Gasteiger partial charge < -0.3 is 14.8 Å². The third-order valence-corrected chi connectivity index (χ3v) is 6.34. The molecule has 1 aliphatic heterocycles. The highest BCUT2D eigenvalue weighted by Gasteiger charge is 2.46. The molecule has 1 N–H and O–H groups in total. The lowest BCUT2D eigenvalue weighted by Crippen LogP contribution is -2.48. The van der Waals surface area contributed by atoms with Crippen molar-refractivity contribution in [2.24, 2.45) is 11.8 Å². The van der Waals surface area contributed by atoms with Crippen LogP contribution in [0.1, 0.15) is 64.4 Å². The van der Waals surface area contributed by atoms with Crippen LogP contribution in [0, 0.1) is 11.8 Å². The molecule has 0 aromatic heterocycles. The molecule has 0 radical (unpaired) electrons. The van der Waals surface area contributed by atoms with Crippen molar-refractivity contribution in [3.63, 3.8) is 0 Å². The normalized spacial score (nSPS) is 25.9. The number of rotatable bonds is 8. The maximum atomic E-state index is 12.1. The fraction of sp³-hybridized carbons (Fsp3) is 0.696. The minimum atomic E-state index is -0.669. The van der Waals surface area contributed by atoms with Crippen LogP contribution in [0.15, 0.2) is 30.3 Å². The summed E-state index contributed by atoms with van der Waals surface area (Å²) in [5, 5.41) is 3.48. The van der Waals surface area contributed by atoms with Gasteiger partial charge in [0.1, 0.15) is 0 Å². The SMILES string of the molecule is CCCC1CCNCC1OCC(OC(C)=O)(c1ccccc1)C1CCCC1. The second-order valence-corrected chi connectivity index (χ2v) is 8.22. The molecule has 4 nitrogen and oxygen atoms in total. The van der Waals surface area contributed by atoms with E-state index >= 15 is 0 Å². The Bertz CT molecular complexity index is 583. The zero-order valence-corrected chi connectivity index (χ0v) is 16.9. The smallest absolute Gasteiger partial charge is 0.303 e. The molecular formula is C23H35NO3. The van der Waals surface area contributed by atoms with Gasteiger partial charge in [0.05, 0.1) is 12.7 Å². The Labute approximate surface area is 164 Å². The quantitative estimate of drug-likeness (QED) is 0.685. The van der Waals surface area contributed by atoms with Gasteiger partial charge in [-0.1, -0.05) is 56.5 Å². The van der Waals surface area contributed by atoms with Gasteiger partial charge in [0.25, 0.3) is 0 Å². The van der Waals surface area contributed by atoms with Crippen molar-refractivity contribution >= 4 is 5.97 Å². The van der Waals surface area contributed by atoms with Crippen molar-refractivity contribution in [1.29, 1.82) is 0 Å². The van der Waals surface area contributed by atoms with E-state index < -0.39 is 5.60 Å². The van der Waals surface area contributed by atoms with Crippen molar-refractivity contribution in [1.82, 2.24) is 5.32 Å². The predicted molar refractivity (Wildman–Crippen MR) is 107 cm³/mol. The largest absolute Gasteiger partial charge is 0.452 e. The first-order chi connectivity index (χ1) is 13.2. The molecule has 3 atom stereocenters. The molecule has 1 saturated carbocycles. The lowest BCUT2D eigenvalue weighted by atomic mass is 9.80. The Balaban J connectivity index is 1.85. The van der Waals surface area contributed by atoms with Crippen LogP contribution in [0.5, 0.6) is 0 Å². The summed E-state index contributed by atoms with van der Waals surface area (Å²) in [6.45, 7) is 6.18. The molecule has 1 aromatic carbocycles. The van der Waals surface area contributed by atoms with Gasteiger partial charge in [-0.05, 0) is 43.7 Å². The number of hydrogen-bond acceptors (Lipinski definition) is 4. The van der Waals surface area contributed by atoms with E-state index in [0.717, 1.165) is 37.9 Å². The first-order valence-corrected chi connectivity index (χ1v) is 10.7. The van der Waals surface area contributed by atoms with Gasteiger partial charge in [0.2, 0.25) is 0 Å². The van der Waals surface area contributed by atoms with Crippen LogP contribution >= 0.6 is 0 Å². The fourth-order valence-electron chi connectivity index (χ4n) is 4.99. The first-order valence-electron chi connectivity index (χ1n) is 10.7. The third-order valence-electron chi connectivity index (χ3n) is 6.34. The molecule has 2 aliphatic rings. The summed E-state index contributed by atoms with van der Waals surface area (Å²) in [6.07, 6.45) is 8.31. The summed E-state index contributed by atoms with van der Waals surface area (Å²) in [5.41, 5.74) is 0.403.